The maximum Gasteiger partial charge on any atom is 0.226 e. The van der Waals surface area contributed by atoms with E-state index >= 15 is 0 Å². The van der Waals surface area contributed by atoms with Crippen molar-refractivity contribution in [1.29, 1.82) is 0 Å². The predicted molar refractivity (Wildman–Crippen MR) is 122 cm³/mol. The van der Waals surface area contributed by atoms with Crippen molar-refractivity contribution in [2.45, 2.75) is 46.2 Å². The Labute approximate surface area is 187 Å². The van der Waals surface area contributed by atoms with Crippen molar-refractivity contribution >= 4 is 5.91 Å². The molecule has 1 heterocycles. The number of amides is 1. The lowest BCUT2D eigenvalue weighted by molar-refractivity contribution is -0.129. The van der Waals surface area contributed by atoms with Crippen molar-refractivity contribution in [2.75, 3.05) is 6.54 Å². The minimum atomic E-state index is -0.755. The fourth-order valence-corrected chi connectivity index (χ4v) is 3.46. The zero-order valence-corrected chi connectivity index (χ0v) is 18.7. The molecule has 0 spiro atoms. The van der Waals surface area contributed by atoms with Crippen molar-refractivity contribution in [3.8, 4) is 11.3 Å². The summed E-state index contributed by atoms with van der Waals surface area (Å²) in [7, 11) is 0. The summed E-state index contributed by atoms with van der Waals surface area (Å²) >= 11 is 0. The molecule has 0 aliphatic rings. The zero-order valence-electron chi connectivity index (χ0n) is 18.7. The van der Waals surface area contributed by atoms with Crippen LogP contribution in [-0.2, 0) is 17.8 Å². The number of carbonyl (C=O) groups excluding carboxylic acids is 1. The maximum atomic E-state index is 14.4. The summed E-state index contributed by atoms with van der Waals surface area (Å²) in [6, 6.07) is 13.1. The predicted octanol–water partition coefficient (Wildman–Crippen LogP) is 4.30. The number of halogens is 2. The zero-order chi connectivity index (χ0) is 23.3. The van der Waals surface area contributed by atoms with Gasteiger partial charge in [-0.05, 0) is 37.1 Å². The number of rotatable bonds is 9. The lowest BCUT2D eigenvalue weighted by Crippen LogP contribution is -2.40. The molecule has 0 radical (unpaired) electrons. The molecule has 0 bridgehead atoms. The van der Waals surface area contributed by atoms with Gasteiger partial charge in [0.2, 0.25) is 5.91 Å². The van der Waals surface area contributed by atoms with Crippen LogP contribution in [0.25, 0.3) is 11.3 Å². The summed E-state index contributed by atoms with van der Waals surface area (Å²) in [6.07, 6.45) is 2.73. The van der Waals surface area contributed by atoms with Gasteiger partial charge in [-0.3, -0.25) is 4.79 Å². The van der Waals surface area contributed by atoms with Gasteiger partial charge in [-0.1, -0.05) is 44.2 Å². The van der Waals surface area contributed by atoms with Gasteiger partial charge in [-0.15, -0.1) is 0 Å². The van der Waals surface area contributed by atoms with E-state index < -0.39 is 17.0 Å². The maximum absolute atomic E-state index is 14.4. The third-order valence-corrected chi connectivity index (χ3v) is 5.36. The smallest absolute Gasteiger partial charge is 0.226 e. The van der Waals surface area contributed by atoms with E-state index in [1.807, 2.05) is 55.7 Å². The SMILES string of the molecule is C[C@@H](N)CCNC(=O)C(C)(C)Cc1nc(-c2cc(F)ccc2F)cn1Cc1ccccc1. The molecule has 3 rings (SSSR count). The van der Waals surface area contributed by atoms with Crippen LogP contribution in [0.3, 0.4) is 0 Å². The van der Waals surface area contributed by atoms with Crippen LogP contribution >= 0.6 is 0 Å². The summed E-state index contributed by atoms with van der Waals surface area (Å²) in [5, 5.41) is 2.93. The Bertz CT molecular complexity index is 1060. The average Bonchev–Trinajstić information content (AvgIpc) is 3.11. The molecule has 3 aromatic rings. The van der Waals surface area contributed by atoms with Gasteiger partial charge in [-0.25, -0.2) is 13.8 Å². The fourth-order valence-electron chi connectivity index (χ4n) is 3.46. The van der Waals surface area contributed by atoms with Gasteiger partial charge in [0.1, 0.15) is 17.5 Å². The van der Waals surface area contributed by atoms with Crippen LogP contribution < -0.4 is 11.1 Å². The molecular weight excluding hydrogens is 410 g/mol. The number of nitrogens with one attached hydrogen (secondary N) is 1. The van der Waals surface area contributed by atoms with Crippen LogP contribution in [-0.4, -0.2) is 28.0 Å². The Balaban J connectivity index is 1.91. The van der Waals surface area contributed by atoms with E-state index in [9.17, 15) is 13.6 Å². The molecule has 170 valence electrons. The van der Waals surface area contributed by atoms with E-state index in [0.717, 1.165) is 23.8 Å². The van der Waals surface area contributed by atoms with E-state index in [0.29, 0.717) is 37.4 Å². The molecule has 0 unspecified atom stereocenters. The quantitative estimate of drug-likeness (QED) is 0.521. The van der Waals surface area contributed by atoms with E-state index in [4.69, 9.17) is 5.73 Å². The highest BCUT2D eigenvalue weighted by molar-refractivity contribution is 5.82. The molecule has 32 heavy (non-hydrogen) atoms. The van der Waals surface area contributed by atoms with Crippen LogP contribution in [0.4, 0.5) is 8.78 Å². The van der Waals surface area contributed by atoms with E-state index in [1.165, 1.54) is 0 Å². The minimum Gasteiger partial charge on any atom is -0.356 e. The molecule has 0 saturated heterocycles. The highest BCUT2D eigenvalue weighted by Crippen LogP contribution is 2.28. The molecule has 2 aromatic carbocycles. The second kappa shape index (κ2) is 10.0. The van der Waals surface area contributed by atoms with Gasteiger partial charge in [0.15, 0.2) is 0 Å². The van der Waals surface area contributed by atoms with Crippen molar-refractivity contribution in [3.63, 3.8) is 0 Å². The third kappa shape index (κ3) is 6.01. The van der Waals surface area contributed by atoms with E-state index in [-0.39, 0.29) is 17.5 Å². The van der Waals surface area contributed by atoms with Crippen molar-refractivity contribution in [1.82, 2.24) is 14.9 Å². The van der Waals surface area contributed by atoms with Gasteiger partial charge in [0, 0.05) is 37.3 Å². The Kier molecular flexibility index (Phi) is 7.40. The number of imidazole rings is 1. The first-order valence-electron chi connectivity index (χ1n) is 10.7. The molecule has 0 aliphatic heterocycles. The Morgan fingerprint density at radius 2 is 1.91 bits per heavy atom. The summed E-state index contributed by atoms with van der Waals surface area (Å²) < 4.78 is 30.1. The highest BCUT2D eigenvalue weighted by Gasteiger charge is 2.30. The largest absolute Gasteiger partial charge is 0.356 e. The van der Waals surface area contributed by atoms with Crippen LogP contribution in [0.1, 0.15) is 38.6 Å². The van der Waals surface area contributed by atoms with Crippen LogP contribution in [0.15, 0.2) is 54.7 Å². The molecule has 1 amide bonds. The average molecular weight is 441 g/mol. The first kappa shape index (κ1) is 23.6. The van der Waals surface area contributed by atoms with Crippen molar-refractivity contribution < 1.29 is 13.6 Å². The summed E-state index contributed by atoms with van der Waals surface area (Å²) in [6.45, 7) is 6.59. The first-order valence-corrected chi connectivity index (χ1v) is 10.7. The van der Waals surface area contributed by atoms with Crippen LogP contribution in [0.2, 0.25) is 0 Å². The highest BCUT2D eigenvalue weighted by atomic mass is 19.1. The lowest BCUT2D eigenvalue weighted by Gasteiger charge is -2.24. The minimum absolute atomic E-state index is 0.00639. The lowest BCUT2D eigenvalue weighted by atomic mass is 9.87. The molecule has 1 atom stereocenters. The second-order valence-electron chi connectivity index (χ2n) is 8.86. The molecule has 7 heteroatoms. The Morgan fingerprint density at radius 1 is 1.19 bits per heavy atom. The molecular formula is C25H30F2N4O. The number of aromatic nitrogens is 2. The molecule has 3 N–H and O–H groups in total. The first-order chi connectivity index (χ1) is 15.2. The molecule has 0 aliphatic carbocycles. The standard InChI is InChI=1S/C25H30F2N4O/c1-17(28)11-12-29-24(32)25(2,3)14-23-30-22(20-13-19(26)9-10-21(20)27)16-31(23)15-18-7-5-4-6-8-18/h4-10,13,16-17H,11-12,14-15,28H2,1-3H3,(H,29,32)/t17-/m1/s1. The summed E-state index contributed by atoms with van der Waals surface area (Å²) in [5.74, 6) is -0.560. The number of nitrogens with two attached hydrogens (primary N) is 1. The number of hydrogen-bond donors (Lipinski definition) is 2. The number of hydrogen-bond acceptors (Lipinski definition) is 3. The van der Waals surface area contributed by atoms with Gasteiger partial charge in [0.25, 0.3) is 0 Å². The summed E-state index contributed by atoms with van der Waals surface area (Å²) in [5.41, 5.74) is 6.48. The molecule has 0 fully saturated rings. The van der Waals surface area contributed by atoms with Gasteiger partial charge < -0.3 is 15.6 Å². The number of benzene rings is 2. The topological polar surface area (TPSA) is 72.9 Å². The number of nitrogens with zero attached hydrogens (tertiary/aromatic N) is 2. The second-order valence-corrected chi connectivity index (χ2v) is 8.86. The number of carbonyl (C=O) groups is 1. The fraction of sp³-hybridized carbons (Fsp3) is 0.360. The molecule has 0 saturated carbocycles. The Morgan fingerprint density at radius 3 is 2.59 bits per heavy atom. The third-order valence-electron chi connectivity index (χ3n) is 5.36. The molecule has 5 nitrogen and oxygen atoms in total. The van der Waals surface area contributed by atoms with Crippen LogP contribution in [0.5, 0.6) is 0 Å². The monoisotopic (exact) mass is 440 g/mol. The normalized spacial score (nSPS) is 12.6. The van der Waals surface area contributed by atoms with Crippen molar-refractivity contribution in [3.05, 3.63) is 77.8 Å². The van der Waals surface area contributed by atoms with E-state index in [2.05, 4.69) is 10.3 Å². The van der Waals surface area contributed by atoms with Gasteiger partial charge in [0.05, 0.1) is 11.1 Å². The molecule has 1 aromatic heterocycles. The van der Waals surface area contributed by atoms with E-state index in [1.54, 1.807) is 6.20 Å². The van der Waals surface area contributed by atoms with Gasteiger partial charge >= 0.3 is 0 Å². The summed E-state index contributed by atoms with van der Waals surface area (Å²) in [4.78, 5) is 17.4. The van der Waals surface area contributed by atoms with Crippen LogP contribution in [0, 0.1) is 17.0 Å². The van der Waals surface area contributed by atoms with Crippen molar-refractivity contribution in [2.24, 2.45) is 11.1 Å². The van der Waals surface area contributed by atoms with Gasteiger partial charge in [-0.2, -0.15) is 0 Å². The Hall–Kier alpha value is -3.06.